The maximum atomic E-state index is 13.6. The van der Waals surface area contributed by atoms with Gasteiger partial charge in [0.2, 0.25) is 5.91 Å². The number of amides is 3. The van der Waals surface area contributed by atoms with Gasteiger partial charge in [-0.25, -0.2) is 4.90 Å². The minimum absolute atomic E-state index is 0.0154. The molecule has 30 heavy (non-hydrogen) atoms. The number of halogens is 1. The molecule has 3 amide bonds. The van der Waals surface area contributed by atoms with Crippen molar-refractivity contribution in [3.63, 3.8) is 0 Å². The van der Waals surface area contributed by atoms with Gasteiger partial charge in [0.15, 0.2) is 0 Å². The van der Waals surface area contributed by atoms with Gasteiger partial charge in [-0.1, -0.05) is 52.9 Å². The maximum Gasteiger partial charge on any atom is 0.257 e. The molecule has 0 bridgehead atoms. The smallest absolute Gasteiger partial charge is 0.257 e. The van der Waals surface area contributed by atoms with Crippen LogP contribution in [0.25, 0.3) is 0 Å². The predicted molar refractivity (Wildman–Crippen MR) is 119 cm³/mol. The van der Waals surface area contributed by atoms with Crippen molar-refractivity contribution in [3.8, 4) is 0 Å². The van der Waals surface area contributed by atoms with Crippen LogP contribution in [0.1, 0.15) is 54.4 Å². The van der Waals surface area contributed by atoms with Gasteiger partial charge in [0.25, 0.3) is 11.8 Å². The Hall–Kier alpha value is -2.47. The highest BCUT2D eigenvalue weighted by atomic mass is 79.9. The van der Waals surface area contributed by atoms with Gasteiger partial charge in [-0.05, 0) is 56.2 Å². The van der Waals surface area contributed by atoms with E-state index in [1.54, 1.807) is 35.2 Å². The van der Waals surface area contributed by atoms with Gasteiger partial charge in [-0.2, -0.15) is 0 Å². The predicted octanol–water partition coefficient (Wildman–Crippen LogP) is 4.86. The fourth-order valence-corrected chi connectivity index (χ4v) is 4.81. The lowest BCUT2D eigenvalue weighted by Gasteiger charge is -2.37. The number of benzene rings is 2. The van der Waals surface area contributed by atoms with Gasteiger partial charge in [0.1, 0.15) is 6.04 Å². The van der Waals surface area contributed by atoms with Crippen LogP contribution in [0, 0.1) is 6.92 Å². The third kappa shape index (κ3) is 4.06. The van der Waals surface area contributed by atoms with Crippen LogP contribution in [0.4, 0.5) is 5.69 Å². The van der Waals surface area contributed by atoms with E-state index in [1.807, 2.05) is 25.1 Å². The average molecular weight is 469 g/mol. The molecule has 5 nitrogen and oxygen atoms in total. The van der Waals surface area contributed by atoms with E-state index < -0.39 is 6.04 Å². The van der Waals surface area contributed by atoms with Crippen LogP contribution in [0.3, 0.4) is 0 Å². The Kier molecular flexibility index (Phi) is 6.04. The van der Waals surface area contributed by atoms with E-state index in [-0.39, 0.29) is 30.2 Å². The molecule has 2 aromatic carbocycles. The minimum atomic E-state index is -0.753. The first-order valence-electron chi connectivity index (χ1n) is 10.5. The fourth-order valence-electron chi connectivity index (χ4n) is 4.54. The van der Waals surface area contributed by atoms with Crippen LogP contribution in [-0.4, -0.2) is 34.7 Å². The third-order valence-corrected chi connectivity index (χ3v) is 6.54. The number of carbonyl (C=O) groups is 3. The first kappa shape index (κ1) is 20.8. The molecular weight excluding hydrogens is 444 g/mol. The summed E-state index contributed by atoms with van der Waals surface area (Å²) in [5.74, 6) is -0.728. The molecule has 1 saturated heterocycles. The molecule has 1 atom stereocenters. The van der Waals surface area contributed by atoms with Crippen molar-refractivity contribution in [2.75, 3.05) is 4.90 Å². The molecule has 0 spiro atoms. The molecule has 1 aliphatic carbocycles. The lowest BCUT2D eigenvalue weighted by atomic mass is 9.92. The highest BCUT2D eigenvalue weighted by Crippen LogP contribution is 2.32. The Morgan fingerprint density at radius 3 is 2.40 bits per heavy atom. The van der Waals surface area contributed by atoms with Crippen molar-refractivity contribution in [3.05, 3.63) is 64.1 Å². The number of carbonyl (C=O) groups excluding carboxylic acids is 3. The van der Waals surface area contributed by atoms with Gasteiger partial charge >= 0.3 is 0 Å². The second-order valence-electron chi connectivity index (χ2n) is 8.14. The molecular formula is C24H25BrN2O3. The van der Waals surface area contributed by atoms with Gasteiger partial charge in [0.05, 0.1) is 12.1 Å². The largest absolute Gasteiger partial charge is 0.323 e. The van der Waals surface area contributed by atoms with Crippen LogP contribution in [0.5, 0.6) is 0 Å². The summed E-state index contributed by atoms with van der Waals surface area (Å²) in [4.78, 5) is 42.7. The number of aryl methyl sites for hydroxylation is 1. The van der Waals surface area contributed by atoms with Crippen molar-refractivity contribution in [1.82, 2.24) is 4.90 Å². The Balaban J connectivity index is 1.68. The summed E-state index contributed by atoms with van der Waals surface area (Å²) in [6, 6.07) is 13.8. The molecule has 1 saturated carbocycles. The Bertz CT molecular complexity index is 967. The van der Waals surface area contributed by atoms with E-state index >= 15 is 0 Å². The van der Waals surface area contributed by atoms with Crippen LogP contribution >= 0.6 is 15.9 Å². The SMILES string of the molecule is Cc1cccc(C(=O)N(C2CCCCC2)C2CC(=O)N(c3ccc(Br)cc3)C2=O)c1. The Labute approximate surface area is 185 Å². The van der Waals surface area contributed by atoms with E-state index in [4.69, 9.17) is 0 Å². The van der Waals surface area contributed by atoms with Crippen LogP contribution < -0.4 is 4.90 Å². The first-order chi connectivity index (χ1) is 14.5. The summed E-state index contributed by atoms with van der Waals surface area (Å²) in [5.41, 5.74) is 2.11. The number of hydrogen-bond acceptors (Lipinski definition) is 3. The number of rotatable bonds is 4. The van der Waals surface area contributed by atoms with Crippen molar-refractivity contribution >= 4 is 39.3 Å². The lowest BCUT2D eigenvalue weighted by molar-refractivity contribution is -0.123. The molecule has 1 unspecified atom stereocenters. The van der Waals surface area contributed by atoms with Crippen molar-refractivity contribution in [2.45, 2.75) is 57.5 Å². The number of imide groups is 1. The van der Waals surface area contributed by atoms with Crippen molar-refractivity contribution in [1.29, 1.82) is 0 Å². The fraction of sp³-hybridized carbons (Fsp3) is 0.375. The molecule has 0 aromatic heterocycles. The first-order valence-corrected chi connectivity index (χ1v) is 11.3. The third-order valence-electron chi connectivity index (χ3n) is 6.01. The van der Waals surface area contributed by atoms with E-state index in [0.29, 0.717) is 11.3 Å². The highest BCUT2D eigenvalue weighted by Gasteiger charge is 2.46. The number of hydrogen-bond donors (Lipinski definition) is 0. The quantitative estimate of drug-likeness (QED) is 0.601. The van der Waals surface area contributed by atoms with Crippen LogP contribution in [0.15, 0.2) is 53.0 Å². The summed E-state index contributed by atoms with van der Waals surface area (Å²) >= 11 is 3.38. The van der Waals surface area contributed by atoms with Gasteiger partial charge in [0, 0.05) is 16.1 Å². The zero-order valence-electron chi connectivity index (χ0n) is 17.0. The standard InChI is InChI=1S/C24H25BrN2O3/c1-16-6-5-7-17(14-16)23(29)26(19-8-3-2-4-9-19)21-15-22(28)27(24(21)30)20-12-10-18(25)11-13-20/h5-7,10-14,19,21H,2-4,8-9,15H2,1H3. The highest BCUT2D eigenvalue weighted by molar-refractivity contribution is 9.10. The summed E-state index contributed by atoms with van der Waals surface area (Å²) in [7, 11) is 0. The van der Waals surface area contributed by atoms with Crippen molar-refractivity contribution < 1.29 is 14.4 Å². The molecule has 1 aliphatic heterocycles. The lowest BCUT2D eigenvalue weighted by Crippen LogP contribution is -2.51. The summed E-state index contributed by atoms with van der Waals surface area (Å²) in [5, 5.41) is 0. The molecule has 1 heterocycles. The molecule has 2 fully saturated rings. The number of nitrogens with zero attached hydrogens (tertiary/aromatic N) is 2. The molecule has 0 N–H and O–H groups in total. The monoisotopic (exact) mass is 468 g/mol. The summed E-state index contributed by atoms with van der Waals surface area (Å²) < 4.78 is 0.875. The molecule has 4 rings (SSSR count). The Morgan fingerprint density at radius 2 is 1.73 bits per heavy atom. The van der Waals surface area contributed by atoms with Gasteiger partial charge in [-0.3, -0.25) is 14.4 Å². The van der Waals surface area contributed by atoms with Crippen LogP contribution in [0.2, 0.25) is 0 Å². The minimum Gasteiger partial charge on any atom is -0.323 e. The molecule has 2 aliphatic rings. The van der Waals surface area contributed by atoms with Gasteiger partial charge < -0.3 is 4.90 Å². The maximum absolute atomic E-state index is 13.6. The van der Waals surface area contributed by atoms with E-state index in [2.05, 4.69) is 15.9 Å². The summed E-state index contributed by atoms with van der Waals surface area (Å²) in [6.07, 6.45) is 4.98. The Morgan fingerprint density at radius 1 is 1.03 bits per heavy atom. The average Bonchev–Trinajstić information content (AvgIpc) is 3.03. The summed E-state index contributed by atoms with van der Waals surface area (Å²) in [6.45, 7) is 1.95. The van der Waals surface area contributed by atoms with Crippen LogP contribution in [-0.2, 0) is 9.59 Å². The molecule has 156 valence electrons. The van der Waals surface area contributed by atoms with E-state index in [9.17, 15) is 14.4 Å². The topological polar surface area (TPSA) is 57.7 Å². The van der Waals surface area contributed by atoms with Gasteiger partial charge in [-0.15, -0.1) is 0 Å². The van der Waals surface area contributed by atoms with Crippen molar-refractivity contribution in [2.24, 2.45) is 0 Å². The second-order valence-corrected chi connectivity index (χ2v) is 9.05. The normalized spacial score (nSPS) is 19.9. The second kappa shape index (κ2) is 8.72. The molecule has 0 radical (unpaired) electrons. The molecule has 2 aromatic rings. The van der Waals surface area contributed by atoms with E-state index in [0.717, 1.165) is 42.1 Å². The molecule has 6 heteroatoms. The number of anilines is 1. The zero-order chi connectivity index (χ0) is 21.3. The van der Waals surface area contributed by atoms with E-state index in [1.165, 1.54) is 4.90 Å². The zero-order valence-corrected chi connectivity index (χ0v) is 18.6.